The van der Waals surface area contributed by atoms with Gasteiger partial charge in [0.2, 0.25) is 0 Å². The zero-order chi connectivity index (χ0) is 20.3. The molecule has 0 aliphatic carbocycles. The van der Waals surface area contributed by atoms with E-state index in [1.165, 1.54) is 24.3 Å². The smallest absolute Gasteiger partial charge is 0.258 e. The number of hydrogen-bond donors (Lipinski definition) is 1. The monoisotopic (exact) mass is 441 g/mol. The Hall–Kier alpha value is -2.28. The molecule has 2 aromatic carbocycles. The van der Waals surface area contributed by atoms with E-state index in [2.05, 4.69) is 10.3 Å². The number of nitrogens with zero attached hydrogens (tertiary/aromatic N) is 2. The largest absolute Gasteiger partial charge is 0.482 e. The van der Waals surface area contributed by atoms with E-state index in [1.54, 1.807) is 36.1 Å². The van der Waals surface area contributed by atoms with Gasteiger partial charge in [0.1, 0.15) is 23.4 Å². The van der Waals surface area contributed by atoms with E-state index in [0.29, 0.717) is 11.4 Å². The molecule has 0 saturated carbocycles. The summed E-state index contributed by atoms with van der Waals surface area (Å²) in [7, 11) is 1.80. The average molecular weight is 443 g/mol. The number of ether oxygens (including phenoxy) is 1. The molecule has 3 rings (SSSR count). The van der Waals surface area contributed by atoms with Crippen LogP contribution >= 0.6 is 34.8 Å². The molecule has 3 aromatic rings. The highest BCUT2D eigenvalue weighted by molar-refractivity contribution is 6.43. The summed E-state index contributed by atoms with van der Waals surface area (Å²) in [5.41, 5.74) is 0.677. The summed E-state index contributed by atoms with van der Waals surface area (Å²) in [6, 6.07) is 8.12. The third-order valence-corrected chi connectivity index (χ3v) is 4.98. The molecule has 1 heterocycles. The molecule has 9 heteroatoms. The standard InChI is InChI=1S/C19H15Cl3FN3O2/c1-26-7-6-24-19(26)18(11-2-4-12(23)5-3-11)25-17(27)10-28-16-9-14(21)13(20)8-15(16)22/h2-9,18H,10H2,1H3,(H,25,27)/t18-/m0/s1. The van der Waals surface area contributed by atoms with Crippen LogP contribution in [0.4, 0.5) is 4.39 Å². The number of aryl methyl sites for hydroxylation is 1. The van der Waals surface area contributed by atoms with Crippen LogP contribution in [0.25, 0.3) is 0 Å². The maximum atomic E-state index is 13.3. The first-order chi connectivity index (χ1) is 13.3. The third-order valence-electron chi connectivity index (χ3n) is 3.96. The van der Waals surface area contributed by atoms with Gasteiger partial charge in [0.05, 0.1) is 15.1 Å². The molecule has 1 amide bonds. The minimum Gasteiger partial charge on any atom is -0.482 e. The van der Waals surface area contributed by atoms with Crippen molar-refractivity contribution in [3.63, 3.8) is 0 Å². The minimum absolute atomic E-state index is 0.237. The van der Waals surface area contributed by atoms with Crippen LogP contribution in [0.1, 0.15) is 17.4 Å². The van der Waals surface area contributed by atoms with Gasteiger partial charge in [0, 0.05) is 25.5 Å². The predicted molar refractivity (Wildman–Crippen MR) is 107 cm³/mol. The van der Waals surface area contributed by atoms with Crippen molar-refractivity contribution in [2.45, 2.75) is 6.04 Å². The minimum atomic E-state index is -0.582. The van der Waals surface area contributed by atoms with E-state index < -0.39 is 11.9 Å². The molecule has 0 aliphatic rings. The number of carbonyl (C=O) groups is 1. The van der Waals surface area contributed by atoms with Crippen LogP contribution in [0.2, 0.25) is 15.1 Å². The zero-order valence-corrected chi connectivity index (χ0v) is 16.9. The van der Waals surface area contributed by atoms with Gasteiger partial charge in [-0.25, -0.2) is 9.37 Å². The summed E-state index contributed by atoms with van der Waals surface area (Å²) >= 11 is 17.9. The topological polar surface area (TPSA) is 56.2 Å². The van der Waals surface area contributed by atoms with Crippen LogP contribution in [-0.2, 0) is 11.8 Å². The summed E-state index contributed by atoms with van der Waals surface area (Å²) < 4.78 is 20.5. The summed E-state index contributed by atoms with van der Waals surface area (Å²) in [4.78, 5) is 16.8. The van der Waals surface area contributed by atoms with E-state index in [1.807, 2.05) is 0 Å². The van der Waals surface area contributed by atoms with Crippen LogP contribution in [0.3, 0.4) is 0 Å². The van der Waals surface area contributed by atoms with Gasteiger partial charge in [-0.15, -0.1) is 0 Å². The maximum absolute atomic E-state index is 13.3. The van der Waals surface area contributed by atoms with Crippen molar-refractivity contribution in [3.05, 3.63) is 81.1 Å². The Bertz CT molecular complexity index is 993. The van der Waals surface area contributed by atoms with Crippen molar-refractivity contribution >= 4 is 40.7 Å². The molecule has 5 nitrogen and oxygen atoms in total. The van der Waals surface area contributed by atoms with Gasteiger partial charge in [-0.2, -0.15) is 0 Å². The fourth-order valence-electron chi connectivity index (χ4n) is 2.57. The van der Waals surface area contributed by atoms with E-state index in [0.717, 1.165) is 0 Å². The molecule has 1 aromatic heterocycles. The van der Waals surface area contributed by atoms with E-state index in [-0.39, 0.29) is 33.2 Å². The number of nitrogens with one attached hydrogen (secondary N) is 1. The van der Waals surface area contributed by atoms with Gasteiger partial charge in [0.15, 0.2) is 6.61 Å². The number of amides is 1. The first-order valence-corrected chi connectivity index (χ1v) is 9.28. The number of aromatic nitrogens is 2. The molecular formula is C19H15Cl3FN3O2. The average Bonchev–Trinajstić information content (AvgIpc) is 3.08. The van der Waals surface area contributed by atoms with Crippen molar-refractivity contribution in [3.8, 4) is 5.75 Å². The summed E-state index contributed by atoms with van der Waals surface area (Å²) in [6.45, 7) is -0.306. The van der Waals surface area contributed by atoms with Crippen LogP contribution in [0.5, 0.6) is 5.75 Å². The molecule has 146 valence electrons. The van der Waals surface area contributed by atoms with Crippen molar-refractivity contribution in [2.24, 2.45) is 7.05 Å². The van der Waals surface area contributed by atoms with Crippen molar-refractivity contribution in [1.82, 2.24) is 14.9 Å². The molecule has 0 fully saturated rings. The highest BCUT2D eigenvalue weighted by atomic mass is 35.5. The molecule has 1 N–H and O–H groups in total. The molecule has 1 atom stereocenters. The lowest BCUT2D eigenvalue weighted by Gasteiger charge is -2.19. The maximum Gasteiger partial charge on any atom is 0.258 e. The quantitative estimate of drug-likeness (QED) is 0.558. The Morgan fingerprint density at radius 2 is 1.86 bits per heavy atom. The number of carbonyl (C=O) groups excluding carboxylic acids is 1. The Labute approximate surface area is 176 Å². The third kappa shape index (κ3) is 4.76. The lowest BCUT2D eigenvalue weighted by molar-refractivity contribution is -0.123. The van der Waals surface area contributed by atoms with Crippen LogP contribution in [0.15, 0.2) is 48.8 Å². The molecule has 0 bridgehead atoms. The Kier molecular flexibility index (Phi) is 6.44. The van der Waals surface area contributed by atoms with Crippen molar-refractivity contribution < 1.29 is 13.9 Å². The van der Waals surface area contributed by atoms with Crippen molar-refractivity contribution in [1.29, 1.82) is 0 Å². The highest BCUT2D eigenvalue weighted by Crippen LogP contribution is 2.33. The van der Waals surface area contributed by atoms with Gasteiger partial charge in [-0.05, 0) is 23.8 Å². The number of halogens is 4. The van der Waals surface area contributed by atoms with Crippen LogP contribution < -0.4 is 10.1 Å². The molecular weight excluding hydrogens is 428 g/mol. The van der Waals surface area contributed by atoms with E-state index >= 15 is 0 Å². The normalized spacial score (nSPS) is 11.9. The molecule has 0 unspecified atom stereocenters. The molecule has 0 saturated heterocycles. The number of imidazole rings is 1. The molecule has 0 aliphatic heterocycles. The number of hydrogen-bond acceptors (Lipinski definition) is 3. The summed E-state index contributed by atoms with van der Waals surface area (Å²) in [6.07, 6.45) is 3.37. The van der Waals surface area contributed by atoms with Crippen molar-refractivity contribution in [2.75, 3.05) is 6.61 Å². The molecule has 0 spiro atoms. The molecule has 28 heavy (non-hydrogen) atoms. The SMILES string of the molecule is Cn1ccnc1[C@@H](NC(=O)COc1cc(Cl)c(Cl)cc1Cl)c1ccc(F)cc1. The van der Waals surface area contributed by atoms with Gasteiger partial charge in [-0.3, -0.25) is 4.79 Å². The van der Waals surface area contributed by atoms with Crippen LogP contribution in [-0.4, -0.2) is 22.1 Å². The predicted octanol–water partition coefficient (Wildman–Crippen LogP) is 4.80. The number of rotatable bonds is 6. The summed E-state index contributed by atoms with van der Waals surface area (Å²) in [5.74, 6) is 0.0415. The summed E-state index contributed by atoms with van der Waals surface area (Å²) in [5, 5.41) is 3.63. The van der Waals surface area contributed by atoms with E-state index in [9.17, 15) is 9.18 Å². The fourth-order valence-corrected chi connectivity index (χ4v) is 3.16. The second-order valence-corrected chi connectivity index (χ2v) is 7.16. The lowest BCUT2D eigenvalue weighted by atomic mass is 10.1. The van der Waals surface area contributed by atoms with E-state index in [4.69, 9.17) is 39.5 Å². The Balaban J connectivity index is 1.76. The van der Waals surface area contributed by atoms with Gasteiger partial charge in [0.25, 0.3) is 5.91 Å². The van der Waals surface area contributed by atoms with Gasteiger partial charge in [-0.1, -0.05) is 46.9 Å². The fraction of sp³-hybridized carbons (Fsp3) is 0.158. The molecule has 0 radical (unpaired) electrons. The number of benzene rings is 2. The Morgan fingerprint density at radius 3 is 2.50 bits per heavy atom. The first kappa shape index (κ1) is 20.5. The van der Waals surface area contributed by atoms with Gasteiger partial charge >= 0.3 is 0 Å². The van der Waals surface area contributed by atoms with Gasteiger partial charge < -0.3 is 14.6 Å². The zero-order valence-electron chi connectivity index (χ0n) is 14.6. The second-order valence-electron chi connectivity index (χ2n) is 5.93. The lowest BCUT2D eigenvalue weighted by Crippen LogP contribution is -2.34. The Morgan fingerprint density at radius 1 is 1.18 bits per heavy atom. The first-order valence-electron chi connectivity index (χ1n) is 8.14. The van der Waals surface area contributed by atoms with Crippen LogP contribution in [0, 0.1) is 5.82 Å². The highest BCUT2D eigenvalue weighted by Gasteiger charge is 2.21. The second kappa shape index (κ2) is 8.82.